The molecule has 12 heteroatoms. The van der Waals surface area contributed by atoms with Gasteiger partial charge in [0.15, 0.2) is 15.0 Å². The Morgan fingerprint density at radius 1 is 1.14 bits per heavy atom. The number of carbonyl (C=O) groups excluding carboxylic acids is 1. The van der Waals surface area contributed by atoms with Crippen molar-refractivity contribution in [3.63, 3.8) is 0 Å². The first kappa shape index (κ1) is 25.2. The molecule has 2 aromatic heterocycles. The fraction of sp³-hybridized carbons (Fsp3) is 0.320. The number of amides is 1. The second kappa shape index (κ2) is 10.1. The molecule has 0 bridgehead atoms. The van der Waals surface area contributed by atoms with Crippen LogP contribution in [-0.4, -0.2) is 51.1 Å². The normalized spacial score (nSPS) is 15.7. The van der Waals surface area contributed by atoms with E-state index in [0.29, 0.717) is 16.9 Å². The zero-order valence-corrected chi connectivity index (χ0v) is 22.3. The number of thiazole rings is 1. The molecule has 2 N–H and O–H groups in total. The molecule has 37 heavy (non-hydrogen) atoms. The number of hydrogen-bond acceptors (Lipinski definition) is 9. The van der Waals surface area contributed by atoms with Crippen molar-refractivity contribution in [1.82, 2.24) is 30.5 Å². The maximum absolute atomic E-state index is 12.6. The molecule has 0 fully saturated rings. The number of anilines is 1. The Morgan fingerprint density at radius 2 is 1.84 bits per heavy atom. The molecule has 0 radical (unpaired) electrons. The number of tetrazole rings is 1. The summed E-state index contributed by atoms with van der Waals surface area (Å²) >= 11 is 1.51. The Kier molecular flexibility index (Phi) is 6.88. The number of aromatic nitrogens is 5. The highest BCUT2D eigenvalue weighted by Gasteiger charge is 2.36. The Bertz CT molecular complexity index is 1500. The lowest BCUT2D eigenvalue weighted by Crippen LogP contribution is -2.26. The SMILES string of the molecule is CC(C)[C@H]1c2nc(NC(=O)Cc3ccc(S(C)(=O)=O)cc3)sc2CN1Cc1ccc(-c2nn[nH]n2)cc1. The first-order valence-electron chi connectivity index (χ1n) is 11.8. The van der Waals surface area contributed by atoms with Gasteiger partial charge in [0.1, 0.15) is 0 Å². The number of sulfone groups is 1. The van der Waals surface area contributed by atoms with Crippen LogP contribution in [0.2, 0.25) is 0 Å². The van der Waals surface area contributed by atoms with Gasteiger partial charge in [-0.1, -0.05) is 50.2 Å². The molecular formula is C25H27N7O3S2. The van der Waals surface area contributed by atoms with Gasteiger partial charge >= 0.3 is 0 Å². The number of hydrogen-bond donors (Lipinski definition) is 2. The van der Waals surface area contributed by atoms with E-state index in [-0.39, 0.29) is 23.3 Å². The molecule has 1 aliphatic heterocycles. The van der Waals surface area contributed by atoms with Crippen LogP contribution in [0.25, 0.3) is 11.4 Å². The standard InChI is InChI=1S/C25H27N7O3S2/c1-15(2)23-22-20(14-32(23)13-17-4-8-18(9-5-17)24-28-30-31-29-24)36-25(27-22)26-21(33)12-16-6-10-19(11-7-16)37(3,34)35/h4-11,15,23H,12-14H2,1-3H3,(H,26,27,33)(H,28,29,30,31)/t23-/m0/s1. The van der Waals surface area contributed by atoms with E-state index in [4.69, 9.17) is 4.98 Å². The molecule has 3 heterocycles. The first-order valence-corrected chi connectivity index (χ1v) is 14.5. The molecule has 1 amide bonds. The molecule has 1 aliphatic rings. The van der Waals surface area contributed by atoms with E-state index in [1.807, 2.05) is 12.1 Å². The molecular weight excluding hydrogens is 510 g/mol. The molecule has 192 valence electrons. The molecule has 0 saturated heterocycles. The summed E-state index contributed by atoms with van der Waals surface area (Å²) in [7, 11) is -3.26. The topological polar surface area (TPSA) is 134 Å². The van der Waals surface area contributed by atoms with E-state index in [9.17, 15) is 13.2 Å². The Hall–Kier alpha value is -3.48. The third-order valence-corrected chi connectivity index (χ3v) is 8.38. The van der Waals surface area contributed by atoms with Crippen LogP contribution in [0.1, 0.15) is 41.6 Å². The zero-order chi connectivity index (χ0) is 26.2. The maximum atomic E-state index is 12.6. The van der Waals surface area contributed by atoms with Gasteiger partial charge < -0.3 is 5.32 Å². The molecule has 0 unspecified atom stereocenters. The van der Waals surface area contributed by atoms with Crippen molar-refractivity contribution in [1.29, 1.82) is 0 Å². The number of aromatic amines is 1. The fourth-order valence-electron chi connectivity index (χ4n) is 4.59. The summed E-state index contributed by atoms with van der Waals surface area (Å²) in [5, 5.41) is 17.6. The van der Waals surface area contributed by atoms with Crippen molar-refractivity contribution in [2.24, 2.45) is 5.92 Å². The van der Waals surface area contributed by atoms with E-state index < -0.39 is 9.84 Å². The van der Waals surface area contributed by atoms with Crippen molar-refractivity contribution >= 4 is 32.2 Å². The highest BCUT2D eigenvalue weighted by atomic mass is 32.2. The first-order chi connectivity index (χ1) is 17.7. The Balaban J connectivity index is 1.23. The summed E-state index contributed by atoms with van der Waals surface area (Å²) in [4.78, 5) is 21.2. The third kappa shape index (κ3) is 5.60. The van der Waals surface area contributed by atoms with Crippen LogP contribution in [0.4, 0.5) is 5.13 Å². The maximum Gasteiger partial charge on any atom is 0.230 e. The molecule has 0 aliphatic carbocycles. The minimum atomic E-state index is -3.26. The fourth-order valence-corrected chi connectivity index (χ4v) is 6.26. The Morgan fingerprint density at radius 3 is 2.46 bits per heavy atom. The van der Waals surface area contributed by atoms with Crippen molar-refractivity contribution < 1.29 is 13.2 Å². The highest BCUT2D eigenvalue weighted by Crippen LogP contribution is 2.43. The van der Waals surface area contributed by atoms with Crippen molar-refractivity contribution in [3.05, 3.63) is 70.2 Å². The van der Waals surface area contributed by atoms with E-state index in [0.717, 1.165) is 41.0 Å². The minimum Gasteiger partial charge on any atom is -0.302 e. The van der Waals surface area contributed by atoms with Gasteiger partial charge in [0.05, 0.1) is 23.1 Å². The van der Waals surface area contributed by atoms with Gasteiger partial charge in [0, 0.05) is 29.8 Å². The number of H-pyrrole nitrogens is 1. The lowest BCUT2D eigenvalue weighted by atomic mass is 10.0. The second-order valence-electron chi connectivity index (χ2n) is 9.49. The molecule has 5 rings (SSSR count). The zero-order valence-electron chi connectivity index (χ0n) is 20.7. The van der Waals surface area contributed by atoms with Gasteiger partial charge in [-0.25, -0.2) is 13.4 Å². The number of nitrogens with zero attached hydrogens (tertiary/aromatic N) is 5. The van der Waals surface area contributed by atoms with Crippen molar-refractivity contribution in [3.8, 4) is 11.4 Å². The van der Waals surface area contributed by atoms with Crippen LogP contribution in [-0.2, 0) is 34.1 Å². The Labute approximate surface area is 219 Å². The van der Waals surface area contributed by atoms with Gasteiger partial charge in [-0.2, -0.15) is 5.21 Å². The highest BCUT2D eigenvalue weighted by molar-refractivity contribution is 7.90. The van der Waals surface area contributed by atoms with Gasteiger partial charge in [-0.15, -0.1) is 21.5 Å². The average Bonchev–Trinajstić information content (AvgIpc) is 3.56. The summed E-state index contributed by atoms with van der Waals surface area (Å²) in [5.74, 6) is 0.734. The van der Waals surface area contributed by atoms with Crippen LogP contribution in [0.3, 0.4) is 0 Å². The van der Waals surface area contributed by atoms with E-state index in [2.05, 4.69) is 56.8 Å². The van der Waals surface area contributed by atoms with E-state index in [1.54, 1.807) is 12.1 Å². The second-order valence-corrected chi connectivity index (χ2v) is 12.6. The van der Waals surface area contributed by atoms with Crippen LogP contribution >= 0.6 is 11.3 Å². The van der Waals surface area contributed by atoms with Gasteiger partial charge in [0.25, 0.3) is 0 Å². The van der Waals surface area contributed by atoms with Crippen molar-refractivity contribution in [2.45, 2.75) is 44.3 Å². The average molecular weight is 538 g/mol. The molecule has 4 aromatic rings. The predicted molar refractivity (Wildman–Crippen MR) is 140 cm³/mol. The van der Waals surface area contributed by atoms with Gasteiger partial charge in [-0.3, -0.25) is 9.69 Å². The van der Waals surface area contributed by atoms with E-state index >= 15 is 0 Å². The summed E-state index contributed by atoms with van der Waals surface area (Å²) < 4.78 is 23.3. The lowest BCUT2D eigenvalue weighted by Gasteiger charge is -2.27. The predicted octanol–water partition coefficient (Wildman–Crippen LogP) is 3.62. The van der Waals surface area contributed by atoms with Crippen LogP contribution in [0.5, 0.6) is 0 Å². The largest absolute Gasteiger partial charge is 0.302 e. The molecule has 2 aromatic carbocycles. The van der Waals surface area contributed by atoms with Crippen LogP contribution in [0, 0.1) is 5.92 Å². The van der Waals surface area contributed by atoms with Crippen LogP contribution < -0.4 is 5.32 Å². The lowest BCUT2D eigenvalue weighted by molar-refractivity contribution is -0.115. The molecule has 1 atom stereocenters. The monoisotopic (exact) mass is 537 g/mol. The van der Waals surface area contributed by atoms with Crippen LogP contribution in [0.15, 0.2) is 53.4 Å². The third-order valence-electron chi connectivity index (χ3n) is 6.28. The molecule has 0 spiro atoms. The molecule has 10 nitrogen and oxygen atoms in total. The minimum absolute atomic E-state index is 0.147. The summed E-state index contributed by atoms with van der Waals surface area (Å²) in [5.41, 5.74) is 3.86. The smallest absolute Gasteiger partial charge is 0.230 e. The van der Waals surface area contributed by atoms with Gasteiger partial charge in [0.2, 0.25) is 11.7 Å². The van der Waals surface area contributed by atoms with E-state index in [1.165, 1.54) is 29.0 Å². The number of fused-ring (bicyclic) bond motifs is 1. The summed E-state index contributed by atoms with van der Waals surface area (Å²) in [6, 6.07) is 14.7. The number of carbonyl (C=O) groups is 1. The summed E-state index contributed by atoms with van der Waals surface area (Å²) in [6.07, 6.45) is 1.31. The number of benzene rings is 2. The number of nitrogens with one attached hydrogen (secondary N) is 2. The number of rotatable bonds is 8. The summed E-state index contributed by atoms with van der Waals surface area (Å²) in [6.45, 7) is 5.92. The molecule has 0 saturated carbocycles. The van der Waals surface area contributed by atoms with Crippen molar-refractivity contribution in [2.75, 3.05) is 11.6 Å². The van der Waals surface area contributed by atoms with Gasteiger partial charge in [-0.05, 0) is 34.4 Å². The quantitative estimate of drug-likeness (QED) is 0.348.